The van der Waals surface area contributed by atoms with Gasteiger partial charge in [-0.2, -0.15) is 5.26 Å². The van der Waals surface area contributed by atoms with Gasteiger partial charge in [-0.3, -0.25) is 4.79 Å². The van der Waals surface area contributed by atoms with Crippen molar-refractivity contribution in [1.29, 1.82) is 5.26 Å². The van der Waals surface area contributed by atoms with E-state index in [4.69, 9.17) is 5.26 Å². The van der Waals surface area contributed by atoms with Crippen LogP contribution in [0.3, 0.4) is 0 Å². The molecule has 0 radical (unpaired) electrons. The molecule has 0 atom stereocenters. The molecule has 0 saturated carbocycles. The van der Waals surface area contributed by atoms with Crippen molar-refractivity contribution in [3.05, 3.63) is 29.3 Å². The van der Waals surface area contributed by atoms with Crippen LogP contribution >= 0.6 is 0 Å². The molecular weight excluding hydrogens is 314 g/mol. The third-order valence-corrected chi connectivity index (χ3v) is 5.47. The van der Waals surface area contributed by atoms with Gasteiger partial charge in [0, 0.05) is 25.2 Å². The summed E-state index contributed by atoms with van der Waals surface area (Å²) in [6.07, 6.45) is 2.81. The first-order chi connectivity index (χ1) is 10.8. The number of ketones is 1. The molecule has 0 unspecified atom stereocenters. The van der Waals surface area contributed by atoms with Crippen molar-refractivity contribution in [2.45, 2.75) is 19.8 Å². The van der Waals surface area contributed by atoms with Gasteiger partial charge in [-0.1, -0.05) is 0 Å². The number of piperidine rings is 1. The van der Waals surface area contributed by atoms with E-state index in [2.05, 4.69) is 11.4 Å². The molecule has 1 saturated heterocycles. The lowest BCUT2D eigenvalue weighted by Crippen LogP contribution is -2.39. The van der Waals surface area contributed by atoms with E-state index in [1.54, 1.807) is 18.2 Å². The van der Waals surface area contributed by atoms with Gasteiger partial charge < -0.3 is 5.32 Å². The zero-order valence-corrected chi connectivity index (χ0v) is 14.2. The van der Waals surface area contributed by atoms with Crippen LogP contribution in [0, 0.1) is 17.2 Å². The first-order valence-corrected chi connectivity index (χ1v) is 9.40. The summed E-state index contributed by atoms with van der Waals surface area (Å²) in [5, 5.41) is 12.4. The number of nitriles is 1. The van der Waals surface area contributed by atoms with Crippen LogP contribution < -0.4 is 5.32 Å². The van der Waals surface area contributed by atoms with Crippen molar-refractivity contribution in [2.75, 3.05) is 31.2 Å². The Labute approximate surface area is 137 Å². The molecule has 2 rings (SSSR count). The number of nitrogens with zero attached hydrogens (tertiary/aromatic N) is 2. The first-order valence-electron chi connectivity index (χ1n) is 7.55. The summed E-state index contributed by atoms with van der Waals surface area (Å²) < 4.78 is 24.5. The van der Waals surface area contributed by atoms with E-state index in [0.29, 0.717) is 42.4 Å². The molecule has 124 valence electrons. The van der Waals surface area contributed by atoms with Gasteiger partial charge in [-0.25, -0.2) is 12.7 Å². The minimum Gasteiger partial charge on any atom is -0.384 e. The Morgan fingerprint density at radius 1 is 1.39 bits per heavy atom. The van der Waals surface area contributed by atoms with Crippen molar-refractivity contribution < 1.29 is 13.2 Å². The van der Waals surface area contributed by atoms with Crippen LogP contribution in [0.25, 0.3) is 0 Å². The molecule has 1 heterocycles. The summed E-state index contributed by atoms with van der Waals surface area (Å²) in [6.45, 7) is 3.22. The molecule has 0 spiro atoms. The van der Waals surface area contributed by atoms with E-state index in [0.717, 1.165) is 12.8 Å². The number of carbonyl (C=O) groups is 1. The van der Waals surface area contributed by atoms with Gasteiger partial charge in [-0.15, -0.1) is 0 Å². The topological polar surface area (TPSA) is 90.3 Å². The molecule has 6 nitrogen and oxygen atoms in total. The van der Waals surface area contributed by atoms with Gasteiger partial charge in [0.15, 0.2) is 5.78 Å². The molecule has 1 N–H and O–H groups in total. The summed E-state index contributed by atoms with van der Waals surface area (Å²) in [4.78, 5) is 11.5. The fourth-order valence-corrected chi connectivity index (χ4v) is 3.58. The number of hydrogen-bond donors (Lipinski definition) is 1. The van der Waals surface area contributed by atoms with Gasteiger partial charge in [-0.05, 0) is 43.9 Å². The molecule has 1 fully saturated rings. The Hall–Kier alpha value is -1.91. The van der Waals surface area contributed by atoms with E-state index in [1.807, 2.05) is 0 Å². The quantitative estimate of drug-likeness (QED) is 0.829. The molecule has 1 aromatic rings. The van der Waals surface area contributed by atoms with Crippen molar-refractivity contribution in [3.63, 3.8) is 0 Å². The smallest absolute Gasteiger partial charge is 0.211 e. The molecule has 7 heteroatoms. The lowest BCUT2D eigenvalue weighted by molar-refractivity contribution is 0.101. The second-order valence-electron chi connectivity index (χ2n) is 5.91. The average Bonchev–Trinajstić information content (AvgIpc) is 2.52. The number of benzene rings is 1. The van der Waals surface area contributed by atoms with Crippen molar-refractivity contribution >= 4 is 21.5 Å². The van der Waals surface area contributed by atoms with Crippen LogP contribution in [0.5, 0.6) is 0 Å². The van der Waals surface area contributed by atoms with Crippen LogP contribution in [0.1, 0.15) is 35.7 Å². The van der Waals surface area contributed by atoms with E-state index >= 15 is 0 Å². The summed E-state index contributed by atoms with van der Waals surface area (Å²) in [7, 11) is -3.11. The Morgan fingerprint density at radius 3 is 2.57 bits per heavy atom. The number of rotatable bonds is 5. The Bertz CT molecular complexity index is 729. The van der Waals surface area contributed by atoms with Crippen LogP contribution in [0.4, 0.5) is 5.69 Å². The number of carbonyl (C=O) groups excluding carboxylic acids is 1. The second kappa shape index (κ2) is 7.11. The highest BCUT2D eigenvalue weighted by Crippen LogP contribution is 2.22. The van der Waals surface area contributed by atoms with E-state index in [9.17, 15) is 13.2 Å². The van der Waals surface area contributed by atoms with Crippen LogP contribution in [-0.4, -0.2) is 44.4 Å². The maximum absolute atomic E-state index is 11.5. The molecule has 1 aliphatic heterocycles. The largest absolute Gasteiger partial charge is 0.384 e. The third-order valence-electron chi connectivity index (χ3n) is 4.17. The van der Waals surface area contributed by atoms with Crippen molar-refractivity contribution in [1.82, 2.24) is 4.31 Å². The highest BCUT2D eigenvalue weighted by Gasteiger charge is 2.24. The average molecular weight is 335 g/mol. The Kier molecular flexibility index (Phi) is 5.39. The highest BCUT2D eigenvalue weighted by molar-refractivity contribution is 7.88. The lowest BCUT2D eigenvalue weighted by Gasteiger charge is -2.30. The number of nitrogens with one attached hydrogen (secondary N) is 1. The zero-order chi connectivity index (χ0) is 17.0. The molecule has 23 heavy (non-hydrogen) atoms. The molecule has 1 aliphatic rings. The Morgan fingerprint density at radius 2 is 2.04 bits per heavy atom. The predicted molar refractivity (Wildman–Crippen MR) is 88.8 cm³/mol. The molecular formula is C16H21N3O3S. The third kappa shape index (κ3) is 4.53. The standard InChI is InChI=1S/C16H21N3O3S/c1-12(20)14-3-4-15(10-17)16(9-14)18-11-13-5-7-19(8-6-13)23(2,21)22/h3-4,9,13,18H,5-8,11H2,1-2H3. The molecule has 0 amide bonds. The number of Topliss-reactive ketones (excluding diaryl/α,β-unsaturated/α-hetero) is 1. The summed E-state index contributed by atoms with van der Waals surface area (Å²) in [5.41, 5.74) is 1.73. The minimum absolute atomic E-state index is 0.0426. The fourth-order valence-electron chi connectivity index (χ4n) is 2.71. The maximum atomic E-state index is 11.5. The van der Waals surface area contributed by atoms with Crippen molar-refractivity contribution in [3.8, 4) is 6.07 Å². The van der Waals surface area contributed by atoms with Crippen LogP contribution in [0.15, 0.2) is 18.2 Å². The first kappa shape index (κ1) is 17.4. The summed E-state index contributed by atoms with van der Waals surface area (Å²) in [5.74, 6) is 0.305. The second-order valence-corrected chi connectivity index (χ2v) is 7.90. The van der Waals surface area contributed by atoms with Crippen LogP contribution in [0.2, 0.25) is 0 Å². The summed E-state index contributed by atoms with van der Waals surface area (Å²) in [6, 6.07) is 7.11. The normalized spacial score (nSPS) is 16.7. The number of anilines is 1. The zero-order valence-electron chi connectivity index (χ0n) is 13.4. The fraction of sp³-hybridized carbons (Fsp3) is 0.500. The highest BCUT2D eigenvalue weighted by atomic mass is 32.2. The number of sulfonamides is 1. The van der Waals surface area contributed by atoms with E-state index in [1.165, 1.54) is 17.5 Å². The van der Waals surface area contributed by atoms with Crippen LogP contribution in [-0.2, 0) is 10.0 Å². The maximum Gasteiger partial charge on any atom is 0.211 e. The van der Waals surface area contributed by atoms with Gasteiger partial charge >= 0.3 is 0 Å². The monoisotopic (exact) mass is 335 g/mol. The van der Waals surface area contributed by atoms with Gasteiger partial charge in [0.05, 0.1) is 17.5 Å². The minimum atomic E-state index is -3.11. The molecule has 0 aromatic heterocycles. The molecule has 1 aromatic carbocycles. The van der Waals surface area contributed by atoms with Gasteiger partial charge in [0.25, 0.3) is 0 Å². The van der Waals surface area contributed by atoms with E-state index < -0.39 is 10.0 Å². The summed E-state index contributed by atoms with van der Waals surface area (Å²) >= 11 is 0. The SMILES string of the molecule is CC(=O)c1ccc(C#N)c(NCC2CCN(S(C)(=O)=O)CC2)c1. The Balaban J connectivity index is 1.98. The van der Waals surface area contributed by atoms with Crippen molar-refractivity contribution in [2.24, 2.45) is 5.92 Å². The van der Waals surface area contributed by atoms with Gasteiger partial charge in [0.1, 0.15) is 6.07 Å². The predicted octanol–water partition coefficient (Wildman–Crippen LogP) is 1.84. The molecule has 0 bridgehead atoms. The molecule has 0 aliphatic carbocycles. The number of hydrogen-bond acceptors (Lipinski definition) is 5. The lowest BCUT2D eigenvalue weighted by atomic mass is 9.97. The van der Waals surface area contributed by atoms with E-state index in [-0.39, 0.29) is 5.78 Å². The van der Waals surface area contributed by atoms with Gasteiger partial charge in [0.2, 0.25) is 10.0 Å².